The Morgan fingerprint density at radius 2 is 1.71 bits per heavy atom. The standard InChI is InChI=1S/C30H30N2O2/c33-28(20-8-12-34-13-9-20)23-6-7-27-25(15-23)26(16-30(27)10-11-30)29-31-17-24(18-32-29)22-3-1-2-21(14-22)19-4-5-19/h1-3,6-7,14-15,17-20,26H,4-5,8-13,16H2. The molecule has 1 saturated heterocycles. The van der Waals surface area contributed by atoms with Gasteiger partial charge < -0.3 is 4.74 Å². The molecule has 2 heterocycles. The minimum Gasteiger partial charge on any atom is -0.381 e. The van der Waals surface area contributed by atoms with Crippen molar-refractivity contribution in [1.82, 2.24) is 9.97 Å². The van der Waals surface area contributed by atoms with E-state index in [4.69, 9.17) is 14.7 Å². The fraction of sp³-hybridized carbons (Fsp3) is 0.433. The summed E-state index contributed by atoms with van der Waals surface area (Å²) in [4.78, 5) is 23.0. The molecule has 3 aliphatic carbocycles. The van der Waals surface area contributed by atoms with E-state index >= 15 is 0 Å². The first-order valence-corrected chi connectivity index (χ1v) is 12.9. The normalized spacial score (nSPS) is 23.1. The average Bonchev–Trinajstić information content (AvgIpc) is 3.83. The van der Waals surface area contributed by atoms with Gasteiger partial charge in [-0.1, -0.05) is 36.4 Å². The highest BCUT2D eigenvalue weighted by Gasteiger charge is 2.53. The first kappa shape index (κ1) is 20.5. The summed E-state index contributed by atoms with van der Waals surface area (Å²) in [6.07, 6.45) is 11.8. The summed E-state index contributed by atoms with van der Waals surface area (Å²) in [5.41, 5.74) is 7.54. The second kappa shape index (κ2) is 7.84. The molecule has 4 nitrogen and oxygen atoms in total. The summed E-state index contributed by atoms with van der Waals surface area (Å²) in [7, 11) is 0. The van der Waals surface area contributed by atoms with Crippen molar-refractivity contribution in [3.05, 3.63) is 82.9 Å². The smallest absolute Gasteiger partial charge is 0.166 e. The van der Waals surface area contributed by atoms with Crippen molar-refractivity contribution in [3.8, 4) is 11.1 Å². The largest absolute Gasteiger partial charge is 0.381 e. The van der Waals surface area contributed by atoms with Crippen molar-refractivity contribution in [2.24, 2.45) is 5.92 Å². The number of fused-ring (bicyclic) bond motifs is 2. The van der Waals surface area contributed by atoms with Crippen molar-refractivity contribution < 1.29 is 9.53 Å². The lowest BCUT2D eigenvalue weighted by Gasteiger charge is -2.21. The number of rotatable bonds is 5. The molecule has 4 aliphatic rings. The second-order valence-electron chi connectivity index (χ2n) is 10.8. The molecule has 1 spiro atoms. The molecule has 1 aliphatic heterocycles. The molecule has 4 heteroatoms. The molecule has 0 radical (unpaired) electrons. The third-order valence-electron chi connectivity index (χ3n) is 8.58. The van der Waals surface area contributed by atoms with Crippen molar-refractivity contribution >= 4 is 5.78 Å². The van der Waals surface area contributed by atoms with Crippen LogP contribution in [-0.2, 0) is 10.2 Å². The average molecular weight is 451 g/mol. The molecule has 0 bridgehead atoms. The summed E-state index contributed by atoms with van der Waals surface area (Å²) in [6.45, 7) is 1.38. The van der Waals surface area contributed by atoms with E-state index in [0.717, 1.165) is 42.1 Å². The highest BCUT2D eigenvalue weighted by atomic mass is 16.5. The number of carbonyl (C=O) groups is 1. The maximum atomic E-state index is 13.2. The van der Waals surface area contributed by atoms with E-state index in [1.165, 1.54) is 47.9 Å². The number of ether oxygens (including phenoxy) is 1. The van der Waals surface area contributed by atoms with Crippen LogP contribution in [0.3, 0.4) is 0 Å². The Morgan fingerprint density at radius 1 is 0.912 bits per heavy atom. The van der Waals surface area contributed by atoms with Gasteiger partial charge in [0, 0.05) is 48.6 Å². The fourth-order valence-corrected chi connectivity index (χ4v) is 6.20. The highest BCUT2D eigenvalue weighted by Crippen LogP contribution is 2.61. The summed E-state index contributed by atoms with van der Waals surface area (Å²) < 4.78 is 5.46. The van der Waals surface area contributed by atoms with Crippen LogP contribution in [0.5, 0.6) is 0 Å². The van der Waals surface area contributed by atoms with Crippen LogP contribution in [0.4, 0.5) is 0 Å². The Balaban J connectivity index is 1.19. The van der Waals surface area contributed by atoms with Gasteiger partial charge in [-0.2, -0.15) is 0 Å². The second-order valence-corrected chi connectivity index (χ2v) is 10.8. The molecule has 0 amide bonds. The van der Waals surface area contributed by atoms with Gasteiger partial charge in [-0.15, -0.1) is 0 Å². The van der Waals surface area contributed by atoms with Crippen molar-refractivity contribution in [2.45, 2.75) is 62.2 Å². The molecular weight excluding hydrogens is 420 g/mol. The zero-order chi connectivity index (χ0) is 22.7. The van der Waals surface area contributed by atoms with Gasteiger partial charge in [0.25, 0.3) is 0 Å². The summed E-state index contributed by atoms with van der Waals surface area (Å²) in [5.74, 6) is 2.16. The SMILES string of the molecule is O=C(c1ccc2c(c1)C(c1ncc(-c3cccc(C4CC4)c3)cn1)CC21CC1)C1CCOCC1. The highest BCUT2D eigenvalue weighted by molar-refractivity contribution is 5.98. The van der Waals surface area contributed by atoms with Crippen LogP contribution in [0.2, 0.25) is 0 Å². The van der Waals surface area contributed by atoms with Gasteiger partial charge in [0.1, 0.15) is 5.82 Å². The Kier molecular flexibility index (Phi) is 4.73. The van der Waals surface area contributed by atoms with Crippen LogP contribution in [0.15, 0.2) is 54.9 Å². The van der Waals surface area contributed by atoms with E-state index in [1.807, 2.05) is 12.4 Å². The topological polar surface area (TPSA) is 52.1 Å². The van der Waals surface area contributed by atoms with E-state index in [2.05, 4.69) is 42.5 Å². The lowest BCUT2D eigenvalue weighted by Crippen LogP contribution is -2.23. The van der Waals surface area contributed by atoms with E-state index in [-0.39, 0.29) is 23.0 Å². The molecule has 172 valence electrons. The quantitative estimate of drug-likeness (QED) is 0.435. The number of ketones is 1. The number of nitrogens with zero attached hydrogens (tertiary/aromatic N) is 2. The monoisotopic (exact) mass is 450 g/mol. The predicted octanol–water partition coefficient (Wildman–Crippen LogP) is 6.20. The lowest BCUT2D eigenvalue weighted by molar-refractivity contribution is 0.0545. The molecule has 3 aromatic rings. The Bertz CT molecular complexity index is 1250. The van der Waals surface area contributed by atoms with Crippen LogP contribution < -0.4 is 0 Å². The van der Waals surface area contributed by atoms with Crippen LogP contribution in [0.25, 0.3) is 11.1 Å². The van der Waals surface area contributed by atoms with Crippen molar-refractivity contribution in [1.29, 1.82) is 0 Å². The molecule has 7 rings (SSSR count). The first-order valence-electron chi connectivity index (χ1n) is 12.9. The first-order chi connectivity index (χ1) is 16.7. The number of Topliss-reactive ketones (excluding diaryl/α,β-unsaturated/α-hetero) is 1. The van der Waals surface area contributed by atoms with Gasteiger partial charge in [0.05, 0.1) is 0 Å². The third kappa shape index (κ3) is 3.51. The zero-order valence-electron chi connectivity index (χ0n) is 19.5. The zero-order valence-corrected chi connectivity index (χ0v) is 19.5. The Hall–Kier alpha value is -2.85. The van der Waals surface area contributed by atoms with Gasteiger partial charge in [0.15, 0.2) is 5.78 Å². The van der Waals surface area contributed by atoms with E-state index in [9.17, 15) is 4.79 Å². The molecule has 0 N–H and O–H groups in total. The molecule has 1 unspecified atom stereocenters. The van der Waals surface area contributed by atoms with Crippen LogP contribution in [-0.4, -0.2) is 29.0 Å². The predicted molar refractivity (Wildman–Crippen MR) is 131 cm³/mol. The Morgan fingerprint density at radius 3 is 2.44 bits per heavy atom. The molecule has 34 heavy (non-hydrogen) atoms. The summed E-state index contributed by atoms with van der Waals surface area (Å²) in [6, 6.07) is 15.3. The van der Waals surface area contributed by atoms with Gasteiger partial charge in [-0.3, -0.25) is 4.79 Å². The number of carbonyl (C=O) groups excluding carboxylic acids is 1. The molecular formula is C30H30N2O2. The maximum absolute atomic E-state index is 13.2. The van der Waals surface area contributed by atoms with Crippen LogP contribution >= 0.6 is 0 Å². The molecule has 1 atom stereocenters. The molecule has 2 saturated carbocycles. The van der Waals surface area contributed by atoms with Gasteiger partial charge >= 0.3 is 0 Å². The molecule has 3 fully saturated rings. The van der Waals surface area contributed by atoms with Crippen LogP contribution in [0, 0.1) is 5.92 Å². The number of benzene rings is 2. The summed E-state index contributed by atoms with van der Waals surface area (Å²) >= 11 is 0. The Labute approximate surface area is 200 Å². The number of hydrogen-bond donors (Lipinski definition) is 0. The van der Waals surface area contributed by atoms with Gasteiger partial charge in [-0.05, 0) is 84.6 Å². The minimum absolute atomic E-state index is 0.0866. The van der Waals surface area contributed by atoms with Gasteiger partial charge in [0.2, 0.25) is 0 Å². The number of aromatic nitrogens is 2. The fourth-order valence-electron chi connectivity index (χ4n) is 6.20. The maximum Gasteiger partial charge on any atom is 0.166 e. The van der Waals surface area contributed by atoms with Gasteiger partial charge in [-0.25, -0.2) is 9.97 Å². The lowest BCUT2D eigenvalue weighted by atomic mass is 9.88. The third-order valence-corrected chi connectivity index (χ3v) is 8.58. The van der Waals surface area contributed by atoms with Crippen molar-refractivity contribution in [3.63, 3.8) is 0 Å². The van der Waals surface area contributed by atoms with E-state index in [0.29, 0.717) is 13.2 Å². The van der Waals surface area contributed by atoms with Crippen molar-refractivity contribution in [2.75, 3.05) is 13.2 Å². The minimum atomic E-state index is 0.0866. The van der Waals surface area contributed by atoms with E-state index < -0.39 is 0 Å². The summed E-state index contributed by atoms with van der Waals surface area (Å²) in [5, 5.41) is 0. The molecule has 2 aromatic carbocycles. The molecule has 1 aromatic heterocycles. The number of hydrogen-bond acceptors (Lipinski definition) is 4. The van der Waals surface area contributed by atoms with E-state index in [1.54, 1.807) is 0 Å². The van der Waals surface area contributed by atoms with Crippen LogP contribution in [0.1, 0.15) is 89.7 Å².